The molecule has 7 nitrogen and oxygen atoms in total. The molecule has 1 amide bonds. The van der Waals surface area contributed by atoms with Crippen LogP contribution in [0, 0.1) is 6.92 Å². The lowest BCUT2D eigenvalue weighted by Gasteiger charge is -2.45. The zero-order valence-electron chi connectivity index (χ0n) is 17.8. The van der Waals surface area contributed by atoms with Crippen molar-refractivity contribution in [2.24, 2.45) is 0 Å². The molecule has 152 valence electrons. The number of hydrogen-bond acceptors (Lipinski definition) is 6. The van der Waals surface area contributed by atoms with Crippen LogP contribution in [-0.2, 0) is 4.74 Å². The van der Waals surface area contributed by atoms with E-state index in [2.05, 4.69) is 14.9 Å². The largest absolute Gasteiger partial charge is 0.480 e. The highest BCUT2D eigenvalue weighted by atomic mass is 16.6. The molecule has 0 radical (unpaired) electrons. The van der Waals surface area contributed by atoms with Gasteiger partial charge in [-0.05, 0) is 53.7 Å². The van der Waals surface area contributed by atoms with Gasteiger partial charge in [0.2, 0.25) is 5.88 Å². The fourth-order valence-electron chi connectivity index (χ4n) is 3.78. The van der Waals surface area contributed by atoms with Gasteiger partial charge in [-0.2, -0.15) is 0 Å². The molecule has 0 saturated carbocycles. The number of amides is 1. The average Bonchev–Trinajstić information content (AvgIpc) is 2.58. The number of anilines is 1. The summed E-state index contributed by atoms with van der Waals surface area (Å²) in [5, 5.41) is 0. The molecule has 1 fully saturated rings. The molecule has 0 spiro atoms. The fraction of sp³-hybridized carbons (Fsp3) is 0.571. The lowest BCUT2D eigenvalue weighted by Crippen LogP contribution is -2.59. The number of aromatic nitrogens is 2. The van der Waals surface area contributed by atoms with Crippen LogP contribution in [0.15, 0.2) is 18.2 Å². The van der Waals surface area contributed by atoms with Crippen molar-refractivity contribution in [1.29, 1.82) is 0 Å². The lowest BCUT2D eigenvalue weighted by molar-refractivity contribution is 0.00568. The van der Waals surface area contributed by atoms with Crippen molar-refractivity contribution in [3.8, 4) is 5.88 Å². The number of benzene rings is 1. The minimum Gasteiger partial charge on any atom is -0.480 e. The van der Waals surface area contributed by atoms with Crippen LogP contribution in [0.2, 0.25) is 0 Å². The Hall–Kier alpha value is -2.57. The van der Waals surface area contributed by atoms with E-state index in [-0.39, 0.29) is 18.2 Å². The van der Waals surface area contributed by atoms with Crippen LogP contribution in [-0.4, -0.2) is 58.8 Å². The van der Waals surface area contributed by atoms with Crippen molar-refractivity contribution in [2.75, 3.05) is 25.1 Å². The van der Waals surface area contributed by atoms with Crippen LogP contribution in [0.1, 0.15) is 40.3 Å². The predicted octanol–water partition coefficient (Wildman–Crippen LogP) is 3.78. The minimum absolute atomic E-state index is 0.00848. The number of aryl methyl sites for hydroxylation is 1. The molecular formula is C21H30N4O3. The Morgan fingerprint density at radius 1 is 1.14 bits per heavy atom. The fourth-order valence-corrected chi connectivity index (χ4v) is 3.78. The van der Waals surface area contributed by atoms with Gasteiger partial charge in [0.15, 0.2) is 0 Å². The van der Waals surface area contributed by atoms with Crippen molar-refractivity contribution in [3.63, 3.8) is 0 Å². The van der Waals surface area contributed by atoms with Gasteiger partial charge in [-0.25, -0.2) is 14.8 Å². The zero-order valence-corrected chi connectivity index (χ0v) is 17.8. The van der Waals surface area contributed by atoms with E-state index in [1.165, 1.54) is 0 Å². The SMILES string of the molecule is COc1nc2c(N3C[C@@H](C)N(C(=O)OC(C)(C)C)[C@@H](C)C3)cccc2nc1C. The first-order valence-corrected chi connectivity index (χ1v) is 9.68. The van der Waals surface area contributed by atoms with E-state index < -0.39 is 5.60 Å². The van der Waals surface area contributed by atoms with Gasteiger partial charge in [0.1, 0.15) is 16.8 Å². The minimum atomic E-state index is -0.507. The van der Waals surface area contributed by atoms with Crippen LogP contribution in [0.3, 0.4) is 0 Å². The first kappa shape index (κ1) is 20.2. The Bertz CT molecular complexity index is 866. The van der Waals surface area contributed by atoms with Crippen LogP contribution in [0.25, 0.3) is 11.0 Å². The molecule has 0 bridgehead atoms. The van der Waals surface area contributed by atoms with Gasteiger partial charge in [-0.1, -0.05) is 6.07 Å². The summed E-state index contributed by atoms with van der Waals surface area (Å²) in [5.41, 5.74) is 2.92. The second kappa shape index (κ2) is 7.45. The molecule has 0 unspecified atom stereocenters. The standard InChI is InChI=1S/C21H30N4O3/c1-13-11-24(12-14(2)25(13)20(26)28-21(4,5)6)17-10-8-9-16-18(17)23-19(27-7)15(3)22-16/h8-10,13-14H,11-12H2,1-7H3/t13-,14+. The lowest BCUT2D eigenvalue weighted by atomic mass is 10.1. The maximum atomic E-state index is 12.7. The first-order valence-electron chi connectivity index (χ1n) is 9.68. The van der Waals surface area contributed by atoms with E-state index in [9.17, 15) is 4.79 Å². The number of para-hydroxylation sites is 1. The summed E-state index contributed by atoms with van der Waals surface area (Å²) in [7, 11) is 1.61. The second-order valence-electron chi connectivity index (χ2n) is 8.45. The molecule has 2 aromatic rings. The number of fused-ring (bicyclic) bond motifs is 1. The number of ether oxygens (including phenoxy) is 2. The summed E-state index contributed by atoms with van der Waals surface area (Å²) in [5.74, 6) is 0.536. The van der Waals surface area contributed by atoms with E-state index >= 15 is 0 Å². The molecule has 1 aromatic heterocycles. The number of piperazine rings is 1. The Morgan fingerprint density at radius 3 is 2.36 bits per heavy atom. The van der Waals surface area contributed by atoms with Gasteiger partial charge < -0.3 is 14.4 Å². The average molecular weight is 386 g/mol. The summed E-state index contributed by atoms with van der Waals surface area (Å²) < 4.78 is 11.0. The molecule has 7 heteroatoms. The summed E-state index contributed by atoms with van der Waals surface area (Å²) >= 11 is 0. The second-order valence-corrected chi connectivity index (χ2v) is 8.45. The third kappa shape index (κ3) is 3.98. The molecule has 0 N–H and O–H groups in total. The highest BCUT2D eigenvalue weighted by Crippen LogP contribution is 2.30. The highest BCUT2D eigenvalue weighted by molar-refractivity contribution is 5.89. The molecule has 3 rings (SSSR count). The molecule has 1 aromatic carbocycles. The summed E-state index contributed by atoms with van der Waals surface area (Å²) in [6, 6.07) is 6.02. The number of hydrogen-bond donors (Lipinski definition) is 0. The van der Waals surface area contributed by atoms with Gasteiger partial charge in [-0.15, -0.1) is 0 Å². The van der Waals surface area contributed by atoms with Crippen LogP contribution in [0.5, 0.6) is 5.88 Å². The van der Waals surface area contributed by atoms with Gasteiger partial charge in [0.25, 0.3) is 0 Å². The Labute approximate surface area is 166 Å². The molecular weight excluding hydrogens is 356 g/mol. The number of methoxy groups -OCH3 is 1. The predicted molar refractivity (Wildman–Crippen MR) is 110 cm³/mol. The third-order valence-electron chi connectivity index (χ3n) is 4.86. The Morgan fingerprint density at radius 2 is 1.79 bits per heavy atom. The molecule has 1 aliphatic heterocycles. The van der Waals surface area contributed by atoms with E-state index in [1.807, 2.05) is 64.6 Å². The molecule has 0 aliphatic carbocycles. The van der Waals surface area contributed by atoms with Crippen LogP contribution >= 0.6 is 0 Å². The monoisotopic (exact) mass is 386 g/mol. The molecule has 1 aliphatic rings. The van der Waals surface area contributed by atoms with E-state index in [4.69, 9.17) is 9.47 Å². The Balaban J connectivity index is 1.90. The first-order chi connectivity index (χ1) is 13.1. The van der Waals surface area contributed by atoms with Crippen molar-refractivity contribution in [2.45, 2.75) is 59.2 Å². The summed E-state index contributed by atoms with van der Waals surface area (Å²) in [6.07, 6.45) is -0.262. The van der Waals surface area contributed by atoms with Crippen molar-refractivity contribution in [1.82, 2.24) is 14.9 Å². The van der Waals surface area contributed by atoms with Crippen molar-refractivity contribution >= 4 is 22.8 Å². The maximum Gasteiger partial charge on any atom is 0.410 e. The van der Waals surface area contributed by atoms with E-state index in [0.29, 0.717) is 19.0 Å². The van der Waals surface area contributed by atoms with Crippen molar-refractivity contribution in [3.05, 3.63) is 23.9 Å². The molecule has 2 atom stereocenters. The van der Waals surface area contributed by atoms with Crippen molar-refractivity contribution < 1.29 is 14.3 Å². The molecule has 2 heterocycles. The smallest absolute Gasteiger partial charge is 0.410 e. The molecule has 28 heavy (non-hydrogen) atoms. The number of carbonyl (C=O) groups excluding carboxylic acids is 1. The van der Waals surface area contributed by atoms with E-state index in [0.717, 1.165) is 22.4 Å². The number of rotatable bonds is 2. The van der Waals surface area contributed by atoms with Crippen LogP contribution in [0.4, 0.5) is 10.5 Å². The summed E-state index contributed by atoms with van der Waals surface area (Å²) in [4.78, 5) is 26.1. The topological polar surface area (TPSA) is 67.8 Å². The molecule has 1 saturated heterocycles. The van der Waals surface area contributed by atoms with E-state index in [1.54, 1.807) is 7.11 Å². The third-order valence-corrected chi connectivity index (χ3v) is 4.86. The Kier molecular flexibility index (Phi) is 5.37. The van der Waals surface area contributed by atoms with Gasteiger partial charge in [0, 0.05) is 13.1 Å². The van der Waals surface area contributed by atoms with Crippen LogP contribution < -0.4 is 9.64 Å². The highest BCUT2D eigenvalue weighted by Gasteiger charge is 2.36. The quantitative estimate of drug-likeness (QED) is 0.782. The summed E-state index contributed by atoms with van der Waals surface area (Å²) in [6.45, 7) is 13.0. The number of carbonyl (C=O) groups is 1. The van der Waals surface area contributed by atoms with Gasteiger partial charge >= 0.3 is 6.09 Å². The maximum absolute atomic E-state index is 12.7. The zero-order chi connectivity index (χ0) is 20.6. The number of nitrogens with zero attached hydrogens (tertiary/aromatic N) is 4. The van der Waals surface area contributed by atoms with Gasteiger partial charge in [-0.3, -0.25) is 4.90 Å². The van der Waals surface area contributed by atoms with Gasteiger partial charge in [0.05, 0.1) is 30.4 Å². The normalized spacial score (nSPS) is 20.4.